The highest BCUT2D eigenvalue weighted by atomic mass is 32.1. The Balaban J connectivity index is 1.72. The first-order valence-corrected chi connectivity index (χ1v) is 8.30. The second-order valence-corrected chi connectivity index (χ2v) is 6.73. The van der Waals surface area contributed by atoms with Gasteiger partial charge in [-0.15, -0.1) is 11.3 Å². The van der Waals surface area contributed by atoms with Crippen LogP contribution in [0.2, 0.25) is 0 Å². The molecule has 0 bridgehead atoms. The predicted octanol–water partition coefficient (Wildman–Crippen LogP) is 4.01. The highest BCUT2D eigenvalue weighted by Crippen LogP contribution is 2.33. The number of unbranched alkanes of at least 4 members (excludes halogenated alkanes) is 1. The molecule has 2 N–H and O–H groups in total. The number of aromatic nitrogens is 1. The van der Waals surface area contributed by atoms with Crippen LogP contribution in [0.15, 0.2) is 11.7 Å². The molecule has 0 radical (unpaired) electrons. The fourth-order valence-corrected chi connectivity index (χ4v) is 3.81. The number of rotatable bonds is 6. The van der Waals surface area contributed by atoms with Crippen molar-refractivity contribution in [2.24, 2.45) is 17.6 Å². The summed E-state index contributed by atoms with van der Waals surface area (Å²) in [6.07, 6.45) is 12.7. The maximum atomic E-state index is 6.36. The first kappa shape index (κ1) is 14.0. The van der Waals surface area contributed by atoms with Gasteiger partial charge in [0.1, 0.15) is 0 Å². The summed E-state index contributed by atoms with van der Waals surface area (Å²) in [5, 5.41) is 0. The van der Waals surface area contributed by atoms with Gasteiger partial charge in [0.2, 0.25) is 0 Å². The van der Waals surface area contributed by atoms with E-state index >= 15 is 0 Å². The van der Waals surface area contributed by atoms with Gasteiger partial charge in [0, 0.05) is 17.1 Å². The van der Waals surface area contributed by atoms with Crippen LogP contribution in [0.25, 0.3) is 0 Å². The molecule has 2 rings (SSSR count). The lowest BCUT2D eigenvalue weighted by molar-refractivity contribution is 0.231. The van der Waals surface area contributed by atoms with Crippen molar-refractivity contribution in [2.45, 2.75) is 64.3 Å². The fourth-order valence-electron chi connectivity index (χ4n) is 3.14. The Morgan fingerprint density at radius 3 is 2.78 bits per heavy atom. The van der Waals surface area contributed by atoms with E-state index in [4.69, 9.17) is 5.73 Å². The van der Waals surface area contributed by atoms with Gasteiger partial charge >= 0.3 is 0 Å². The van der Waals surface area contributed by atoms with Gasteiger partial charge in [0.25, 0.3) is 0 Å². The van der Waals surface area contributed by atoms with Crippen LogP contribution in [0.3, 0.4) is 0 Å². The van der Waals surface area contributed by atoms with Crippen molar-refractivity contribution in [3.8, 4) is 0 Å². The standard InChI is InChI=1S/C15H26N2S/c1-2-3-4-12-5-7-13(8-6-12)15(16)9-14-10-17-11-18-14/h10-13,15H,2-9,16H2,1H3. The Bertz CT molecular complexity index is 315. The Morgan fingerprint density at radius 2 is 2.17 bits per heavy atom. The van der Waals surface area contributed by atoms with E-state index in [-0.39, 0.29) is 0 Å². The highest BCUT2D eigenvalue weighted by Gasteiger charge is 2.25. The summed E-state index contributed by atoms with van der Waals surface area (Å²) >= 11 is 1.74. The zero-order valence-corrected chi connectivity index (χ0v) is 12.3. The number of hydrogen-bond acceptors (Lipinski definition) is 3. The molecule has 1 unspecified atom stereocenters. The summed E-state index contributed by atoms with van der Waals surface area (Å²) in [7, 11) is 0. The van der Waals surface area contributed by atoms with Gasteiger partial charge in [0.05, 0.1) is 5.51 Å². The number of hydrogen-bond donors (Lipinski definition) is 1. The van der Waals surface area contributed by atoms with Gasteiger partial charge in [0.15, 0.2) is 0 Å². The molecular weight excluding hydrogens is 240 g/mol. The highest BCUT2D eigenvalue weighted by molar-refractivity contribution is 7.09. The molecule has 1 aromatic heterocycles. The topological polar surface area (TPSA) is 38.9 Å². The van der Waals surface area contributed by atoms with E-state index in [0.717, 1.165) is 18.3 Å². The smallest absolute Gasteiger partial charge is 0.0794 e. The molecule has 1 saturated carbocycles. The molecule has 3 heteroatoms. The van der Waals surface area contributed by atoms with Gasteiger partial charge in [-0.05, 0) is 31.1 Å². The van der Waals surface area contributed by atoms with Gasteiger partial charge in [-0.2, -0.15) is 0 Å². The third-order valence-electron chi connectivity index (χ3n) is 4.38. The molecular formula is C15H26N2S. The van der Waals surface area contributed by atoms with Gasteiger partial charge in [-0.1, -0.05) is 39.0 Å². The SMILES string of the molecule is CCCCC1CCC(C(N)Cc2cncs2)CC1. The number of nitrogens with two attached hydrogens (primary N) is 1. The summed E-state index contributed by atoms with van der Waals surface area (Å²) in [5.74, 6) is 1.72. The molecule has 0 amide bonds. The van der Waals surface area contributed by atoms with Crippen molar-refractivity contribution in [3.05, 3.63) is 16.6 Å². The van der Waals surface area contributed by atoms with Crippen molar-refractivity contribution in [1.29, 1.82) is 0 Å². The van der Waals surface area contributed by atoms with Crippen molar-refractivity contribution in [3.63, 3.8) is 0 Å². The first-order valence-electron chi connectivity index (χ1n) is 7.42. The minimum absolute atomic E-state index is 0.345. The zero-order chi connectivity index (χ0) is 12.8. The van der Waals surface area contributed by atoms with Gasteiger partial charge < -0.3 is 5.73 Å². The fraction of sp³-hybridized carbons (Fsp3) is 0.800. The number of thiazole rings is 1. The van der Waals surface area contributed by atoms with E-state index in [1.165, 1.54) is 49.8 Å². The zero-order valence-electron chi connectivity index (χ0n) is 11.5. The van der Waals surface area contributed by atoms with E-state index in [1.54, 1.807) is 11.3 Å². The van der Waals surface area contributed by atoms with Gasteiger partial charge in [-0.25, -0.2) is 0 Å². The van der Waals surface area contributed by atoms with Crippen molar-refractivity contribution < 1.29 is 0 Å². The normalized spacial score (nSPS) is 26.1. The molecule has 2 nitrogen and oxygen atoms in total. The average molecular weight is 266 g/mol. The molecule has 18 heavy (non-hydrogen) atoms. The van der Waals surface area contributed by atoms with E-state index in [1.807, 2.05) is 11.7 Å². The molecule has 1 aromatic rings. The third kappa shape index (κ3) is 4.06. The summed E-state index contributed by atoms with van der Waals surface area (Å²) in [6.45, 7) is 2.29. The Morgan fingerprint density at radius 1 is 1.39 bits per heavy atom. The molecule has 0 spiro atoms. The largest absolute Gasteiger partial charge is 0.327 e. The molecule has 1 fully saturated rings. The second-order valence-electron chi connectivity index (χ2n) is 5.76. The molecule has 1 heterocycles. The molecule has 1 atom stereocenters. The summed E-state index contributed by atoms with van der Waals surface area (Å²) in [4.78, 5) is 5.47. The Hall–Kier alpha value is -0.410. The van der Waals surface area contributed by atoms with Crippen LogP contribution in [0.1, 0.15) is 56.7 Å². The van der Waals surface area contributed by atoms with Crippen LogP contribution in [-0.2, 0) is 6.42 Å². The Labute approximate surface area is 115 Å². The second kappa shape index (κ2) is 7.25. The summed E-state index contributed by atoms with van der Waals surface area (Å²) in [5.41, 5.74) is 8.27. The predicted molar refractivity (Wildman–Crippen MR) is 78.8 cm³/mol. The van der Waals surface area contributed by atoms with E-state index in [2.05, 4.69) is 11.9 Å². The maximum Gasteiger partial charge on any atom is 0.0794 e. The van der Waals surface area contributed by atoms with Gasteiger partial charge in [-0.3, -0.25) is 4.98 Å². The lowest BCUT2D eigenvalue weighted by Gasteiger charge is -2.32. The van der Waals surface area contributed by atoms with E-state index < -0.39 is 0 Å². The third-order valence-corrected chi connectivity index (χ3v) is 5.19. The van der Waals surface area contributed by atoms with Crippen LogP contribution >= 0.6 is 11.3 Å². The minimum Gasteiger partial charge on any atom is -0.327 e. The molecule has 1 aliphatic carbocycles. The maximum absolute atomic E-state index is 6.36. The average Bonchev–Trinajstić information content (AvgIpc) is 2.89. The number of nitrogens with zero attached hydrogens (tertiary/aromatic N) is 1. The molecule has 0 saturated heterocycles. The Kier molecular flexibility index (Phi) is 5.64. The molecule has 0 aliphatic heterocycles. The minimum atomic E-state index is 0.345. The van der Waals surface area contributed by atoms with E-state index in [9.17, 15) is 0 Å². The van der Waals surface area contributed by atoms with Crippen LogP contribution in [0, 0.1) is 11.8 Å². The lowest BCUT2D eigenvalue weighted by atomic mass is 9.76. The molecule has 102 valence electrons. The van der Waals surface area contributed by atoms with Crippen molar-refractivity contribution >= 4 is 11.3 Å². The monoisotopic (exact) mass is 266 g/mol. The van der Waals surface area contributed by atoms with Crippen molar-refractivity contribution in [2.75, 3.05) is 0 Å². The summed E-state index contributed by atoms with van der Waals surface area (Å²) < 4.78 is 0. The van der Waals surface area contributed by atoms with Crippen LogP contribution in [0.4, 0.5) is 0 Å². The van der Waals surface area contributed by atoms with Crippen LogP contribution in [0.5, 0.6) is 0 Å². The van der Waals surface area contributed by atoms with Crippen molar-refractivity contribution in [1.82, 2.24) is 4.98 Å². The van der Waals surface area contributed by atoms with E-state index in [0.29, 0.717) is 6.04 Å². The molecule has 1 aliphatic rings. The quantitative estimate of drug-likeness (QED) is 0.845. The summed E-state index contributed by atoms with van der Waals surface area (Å²) in [6, 6.07) is 0.345. The lowest BCUT2D eigenvalue weighted by Crippen LogP contribution is -2.34. The van der Waals surface area contributed by atoms with Crippen LogP contribution in [-0.4, -0.2) is 11.0 Å². The first-order chi connectivity index (χ1) is 8.79. The molecule has 0 aromatic carbocycles. The van der Waals surface area contributed by atoms with Crippen LogP contribution < -0.4 is 5.73 Å².